The number of nitrogens with one attached hydrogen (secondary N) is 1. The van der Waals surface area contributed by atoms with Crippen molar-refractivity contribution in [3.8, 4) is 5.75 Å². The Morgan fingerprint density at radius 1 is 1.21 bits per heavy atom. The first kappa shape index (κ1) is 29.2. The van der Waals surface area contributed by atoms with E-state index in [4.69, 9.17) is 24.3 Å². The van der Waals surface area contributed by atoms with Gasteiger partial charge in [-0.3, -0.25) is 4.79 Å². The number of nitrogen functional groups attached to an aromatic ring is 1. The van der Waals surface area contributed by atoms with Gasteiger partial charge in [0.15, 0.2) is 5.82 Å². The van der Waals surface area contributed by atoms with Gasteiger partial charge in [-0.15, -0.1) is 0 Å². The lowest BCUT2D eigenvalue weighted by atomic mass is 9.87. The highest BCUT2D eigenvalue weighted by Gasteiger charge is 2.27. The molecule has 0 aliphatic heterocycles. The van der Waals surface area contributed by atoms with Crippen LogP contribution in [-0.4, -0.2) is 53.0 Å². The number of methoxy groups -OCH3 is 1. The molecule has 4 rings (SSSR count). The molecule has 11 heteroatoms. The molecule has 0 bridgehead atoms. The molecule has 1 aromatic carbocycles. The number of rotatable bonds is 14. The number of fused-ring (bicyclic) bond motifs is 1. The van der Waals surface area contributed by atoms with E-state index < -0.39 is 14.6 Å². The molecule has 1 saturated carbocycles. The molecule has 3 atom stereocenters. The lowest BCUT2D eigenvalue weighted by Crippen LogP contribution is -2.34. The van der Waals surface area contributed by atoms with Crippen LogP contribution in [0.15, 0.2) is 42.7 Å². The number of esters is 1. The summed E-state index contributed by atoms with van der Waals surface area (Å²) < 4.78 is 25.3. The quantitative estimate of drug-likeness (QED) is 0.212. The highest BCUT2D eigenvalue weighted by atomic mass is 31.2. The number of aromatic nitrogens is 3. The van der Waals surface area contributed by atoms with Gasteiger partial charge < -0.3 is 24.3 Å². The largest absolute Gasteiger partial charge is 0.464 e. The lowest BCUT2D eigenvalue weighted by Gasteiger charge is -2.24. The van der Waals surface area contributed by atoms with Crippen molar-refractivity contribution in [1.29, 1.82) is 0 Å². The SMILES string of the molecule is COC(CCc1ccc2c(N)ncnn12)COP(N[C@@H](C)C(=O)OCC1CC1)Oc1ccc(C(C)(C)C)cc1. The van der Waals surface area contributed by atoms with Gasteiger partial charge in [0.1, 0.15) is 23.6 Å². The average molecular weight is 558 g/mol. The normalized spacial score (nSPS) is 16.1. The standard InChI is InChI=1S/C28H40N5O5P/c1-19(27(34)36-16-20-6-7-20)32-39(38-23-12-8-21(9-13-23)28(2,3)4)37-17-24(35-5)14-10-22-11-15-25-26(29)30-18-31-33(22)25/h8-9,11-13,15,18-20,24,32H,6-7,10,14,16-17H2,1-5H3,(H2,29,30,31)/t19-,24?,39?/m0/s1. The van der Waals surface area contributed by atoms with Crippen molar-refractivity contribution in [2.24, 2.45) is 5.92 Å². The minimum absolute atomic E-state index is 0.0343. The first-order valence-corrected chi connectivity index (χ1v) is 14.6. The van der Waals surface area contributed by atoms with Crippen molar-refractivity contribution in [2.75, 3.05) is 26.1 Å². The number of carbonyl (C=O) groups is 1. The van der Waals surface area contributed by atoms with Crippen molar-refractivity contribution in [1.82, 2.24) is 19.7 Å². The van der Waals surface area contributed by atoms with E-state index in [9.17, 15) is 4.79 Å². The molecule has 0 radical (unpaired) electrons. The zero-order valence-electron chi connectivity index (χ0n) is 23.4. The van der Waals surface area contributed by atoms with Gasteiger partial charge in [-0.2, -0.15) is 5.10 Å². The minimum atomic E-state index is -1.66. The van der Waals surface area contributed by atoms with Gasteiger partial charge in [0.25, 0.3) is 0 Å². The third-order valence-electron chi connectivity index (χ3n) is 6.71. The molecular formula is C28H40N5O5P. The highest BCUT2D eigenvalue weighted by Crippen LogP contribution is 2.38. The summed E-state index contributed by atoms with van der Waals surface area (Å²) >= 11 is 0. The molecule has 10 nitrogen and oxygen atoms in total. The number of ether oxygens (including phenoxy) is 2. The number of hydrogen-bond donors (Lipinski definition) is 2. The number of aryl methyl sites for hydroxylation is 1. The van der Waals surface area contributed by atoms with Crippen molar-refractivity contribution in [3.05, 3.63) is 54.0 Å². The summed E-state index contributed by atoms with van der Waals surface area (Å²) in [5, 5.41) is 7.50. The Morgan fingerprint density at radius 2 is 1.95 bits per heavy atom. The van der Waals surface area contributed by atoms with Crippen LogP contribution in [0.2, 0.25) is 0 Å². The summed E-state index contributed by atoms with van der Waals surface area (Å²) in [7, 11) is 0.000124. The number of carbonyl (C=O) groups excluding carboxylic acids is 1. The molecular weight excluding hydrogens is 517 g/mol. The zero-order chi connectivity index (χ0) is 28.0. The summed E-state index contributed by atoms with van der Waals surface area (Å²) in [5.74, 6) is 1.29. The fraction of sp³-hybridized carbons (Fsp3) is 0.536. The van der Waals surface area contributed by atoms with E-state index in [1.54, 1.807) is 18.5 Å². The molecule has 2 unspecified atom stereocenters. The number of hydrogen-bond acceptors (Lipinski definition) is 9. The van der Waals surface area contributed by atoms with Gasteiger partial charge in [0.2, 0.25) is 0 Å². The third-order valence-corrected chi connectivity index (χ3v) is 8.07. The molecule has 1 aliphatic rings. The number of nitrogens with two attached hydrogens (primary N) is 1. The molecule has 1 fully saturated rings. The summed E-state index contributed by atoms with van der Waals surface area (Å²) in [6, 6.07) is 11.3. The van der Waals surface area contributed by atoms with Crippen LogP contribution in [0, 0.1) is 5.92 Å². The Balaban J connectivity index is 1.37. The molecule has 212 valence electrons. The Kier molecular flexibility index (Phi) is 9.77. The lowest BCUT2D eigenvalue weighted by molar-refractivity contribution is -0.145. The van der Waals surface area contributed by atoms with Crippen LogP contribution >= 0.6 is 8.53 Å². The van der Waals surface area contributed by atoms with Gasteiger partial charge in [-0.1, -0.05) is 32.9 Å². The first-order chi connectivity index (χ1) is 18.6. The molecule has 3 aromatic rings. The van der Waals surface area contributed by atoms with Gasteiger partial charge in [0, 0.05) is 12.8 Å². The Morgan fingerprint density at radius 3 is 2.62 bits per heavy atom. The molecule has 0 saturated heterocycles. The Bertz CT molecular complexity index is 1230. The number of nitrogens with zero attached hydrogens (tertiary/aromatic N) is 3. The summed E-state index contributed by atoms with van der Waals surface area (Å²) in [6.07, 6.45) is 4.88. The molecule has 2 heterocycles. The van der Waals surface area contributed by atoms with Crippen molar-refractivity contribution in [3.63, 3.8) is 0 Å². The predicted octanol–water partition coefficient (Wildman–Crippen LogP) is 4.81. The summed E-state index contributed by atoms with van der Waals surface area (Å²) in [5.41, 5.74) is 8.97. The highest BCUT2D eigenvalue weighted by molar-refractivity contribution is 7.45. The van der Waals surface area contributed by atoms with Crippen LogP contribution in [0.4, 0.5) is 5.82 Å². The first-order valence-electron chi connectivity index (χ1n) is 13.4. The van der Waals surface area contributed by atoms with Crippen LogP contribution in [0.25, 0.3) is 5.52 Å². The monoisotopic (exact) mass is 557 g/mol. The number of anilines is 1. The Labute approximate surface area is 231 Å². The maximum absolute atomic E-state index is 12.5. The predicted molar refractivity (Wildman–Crippen MR) is 151 cm³/mol. The maximum Gasteiger partial charge on any atom is 0.323 e. The van der Waals surface area contributed by atoms with Gasteiger partial charge in [-0.25, -0.2) is 14.6 Å². The van der Waals surface area contributed by atoms with Crippen LogP contribution in [0.5, 0.6) is 5.75 Å². The van der Waals surface area contributed by atoms with E-state index in [2.05, 4.69) is 35.9 Å². The molecule has 39 heavy (non-hydrogen) atoms. The van der Waals surface area contributed by atoms with E-state index in [-0.39, 0.29) is 24.1 Å². The van der Waals surface area contributed by atoms with E-state index in [0.29, 0.717) is 36.9 Å². The molecule has 2 aromatic heterocycles. The topological polar surface area (TPSA) is 122 Å². The van der Waals surface area contributed by atoms with E-state index in [0.717, 1.165) is 24.1 Å². The second kappa shape index (κ2) is 13.0. The smallest absolute Gasteiger partial charge is 0.323 e. The third kappa shape index (κ3) is 8.35. The molecule has 3 N–H and O–H groups in total. The van der Waals surface area contributed by atoms with Crippen molar-refractivity contribution in [2.45, 2.75) is 70.9 Å². The average Bonchev–Trinajstić information content (AvgIpc) is 3.65. The van der Waals surface area contributed by atoms with Crippen LogP contribution in [-0.2, 0) is 30.6 Å². The number of benzene rings is 1. The fourth-order valence-corrected chi connectivity index (χ4v) is 5.16. The van der Waals surface area contributed by atoms with Crippen LogP contribution in [0.1, 0.15) is 58.2 Å². The molecule has 1 aliphatic carbocycles. The van der Waals surface area contributed by atoms with Crippen LogP contribution < -0.4 is 15.3 Å². The van der Waals surface area contributed by atoms with Crippen molar-refractivity contribution < 1.29 is 23.3 Å². The fourth-order valence-electron chi connectivity index (χ4n) is 3.95. The maximum atomic E-state index is 12.5. The van der Waals surface area contributed by atoms with Gasteiger partial charge in [-0.05, 0) is 73.8 Å². The van der Waals surface area contributed by atoms with Crippen molar-refractivity contribution >= 4 is 25.8 Å². The molecule has 0 spiro atoms. The van der Waals surface area contributed by atoms with Gasteiger partial charge in [0.05, 0.1) is 19.3 Å². The summed E-state index contributed by atoms with van der Waals surface area (Å²) in [4.78, 5) is 16.6. The van der Waals surface area contributed by atoms with E-state index in [1.165, 1.54) is 11.9 Å². The second-order valence-corrected chi connectivity index (χ2v) is 12.2. The molecule has 0 amide bonds. The zero-order valence-corrected chi connectivity index (χ0v) is 24.3. The van der Waals surface area contributed by atoms with Crippen LogP contribution in [0.3, 0.4) is 0 Å². The van der Waals surface area contributed by atoms with E-state index >= 15 is 0 Å². The van der Waals surface area contributed by atoms with Gasteiger partial charge >= 0.3 is 14.5 Å². The Hall–Kier alpha value is -2.78. The summed E-state index contributed by atoms with van der Waals surface area (Å²) in [6.45, 7) is 9.00. The van der Waals surface area contributed by atoms with E-state index in [1.807, 2.05) is 36.4 Å². The minimum Gasteiger partial charge on any atom is -0.464 e. The second-order valence-electron chi connectivity index (χ2n) is 11.0.